The van der Waals surface area contributed by atoms with Crippen LogP contribution in [0.1, 0.15) is 47.5 Å². The molecule has 3 fully saturated rings. The Balaban J connectivity index is 2.17. The number of rotatable bonds is 8. The van der Waals surface area contributed by atoms with E-state index in [0.717, 1.165) is 0 Å². The number of nitrogens with zero attached hydrogens (tertiary/aromatic N) is 2. The molecule has 9 heteroatoms. The summed E-state index contributed by atoms with van der Waals surface area (Å²) < 4.78 is 6.30. The van der Waals surface area contributed by atoms with Crippen LogP contribution in [-0.2, 0) is 19.1 Å². The van der Waals surface area contributed by atoms with Crippen LogP contribution in [0.5, 0.6) is 0 Å². The van der Waals surface area contributed by atoms with Gasteiger partial charge in [0, 0.05) is 16.9 Å². The van der Waals surface area contributed by atoms with Crippen molar-refractivity contribution < 1.29 is 29.3 Å². The number of carbonyl (C=O) groups is 3. The third kappa shape index (κ3) is 3.80. The number of aliphatic hydroxyl groups is 1. The molecule has 7 atom stereocenters. The predicted octanol–water partition coefficient (Wildman–Crippen LogP) is 2.04. The van der Waals surface area contributed by atoms with E-state index in [0.29, 0.717) is 12.8 Å². The van der Waals surface area contributed by atoms with Gasteiger partial charge in [-0.2, -0.15) is 0 Å². The van der Waals surface area contributed by atoms with E-state index >= 15 is 0 Å². The van der Waals surface area contributed by atoms with E-state index in [2.05, 4.69) is 22.5 Å². The Hall–Kier alpha value is -1.45. The van der Waals surface area contributed by atoms with Gasteiger partial charge in [0.1, 0.15) is 11.6 Å². The number of hydrogen-bond acceptors (Lipinski definition) is 5. The number of hydrogen-bond donors (Lipinski definition) is 2. The molecule has 1 spiro atoms. The highest BCUT2D eigenvalue weighted by Crippen LogP contribution is 2.60. The molecule has 0 radical (unpaired) electrons. The van der Waals surface area contributed by atoms with Crippen LogP contribution in [0.3, 0.4) is 0 Å². The van der Waals surface area contributed by atoms with Gasteiger partial charge in [-0.15, -0.1) is 6.58 Å². The van der Waals surface area contributed by atoms with Crippen LogP contribution in [0.25, 0.3) is 0 Å². The SMILES string of the molecule is C=CCN(C(=O)[C@H]1N([C@@H](CO)CC(C)C)C(=O)[C@@H]2[C@@H](C(=O)O)[C@@H]3O[C@@]21CC3Br)C(C)(C)C. The molecule has 3 aliphatic rings. The summed E-state index contributed by atoms with van der Waals surface area (Å²) in [7, 11) is 0. The van der Waals surface area contributed by atoms with Gasteiger partial charge < -0.3 is 24.7 Å². The lowest BCUT2D eigenvalue weighted by atomic mass is 9.70. The summed E-state index contributed by atoms with van der Waals surface area (Å²) in [6.45, 7) is 13.4. The lowest BCUT2D eigenvalue weighted by Crippen LogP contribution is -2.62. The molecule has 180 valence electrons. The number of fused-ring (bicyclic) bond motifs is 1. The molecule has 3 heterocycles. The summed E-state index contributed by atoms with van der Waals surface area (Å²) in [4.78, 5) is 42.9. The van der Waals surface area contributed by atoms with Gasteiger partial charge in [-0.3, -0.25) is 14.4 Å². The maximum absolute atomic E-state index is 14.1. The van der Waals surface area contributed by atoms with E-state index in [4.69, 9.17) is 4.74 Å². The lowest BCUT2D eigenvalue weighted by molar-refractivity contribution is -0.155. The lowest BCUT2D eigenvalue weighted by Gasteiger charge is -2.43. The first-order valence-corrected chi connectivity index (χ1v) is 12.1. The molecule has 0 aliphatic carbocycles. The molecule has 3 rings (SSSR count). The van der Waals surface area contributed by atoms with Gasteiger partial charge >= 0.3 is 5.97 Å². The monoisotopic (exact) mass is 514 g/mol. The normalized spacial score (nSPS) is 34.7. The summed E-state index contributed by atoms with van der Waals surface area (Å²) in [5.41, 5.74) is -1.80. The topological polar surface area (TPSA) is 107 Å². The Morgan fingerprint density at radius 1 is 1.41 bits per heavy atom. The summed E-state index contributed by atoms with van der Waals surface area (Å²) in [5.74, 6) is -3.65. The Morgan fingerprint density at radius 3 is 2.50 bits per heavy atom. The molecule has 0 saturated carbocycles. The number of alkyl halides is 1. The highest BCUT2D eigenvalue weighted by atomic mass is 79.9. The highest BCUT2D eigenvalue weighted by Gasteiger charge is 2.77. The number of ether oxygens (including phenoxy) is 1. The zero-order chi connectivity index (χ0) is 24.2. The van der Waals surface area contributed by atoms with Gasteiger partial charge in [0.15, 0.2) is 0 Å². The quantitative estimate of drug-likeness (QED) is 0.379. The zero-order valence-electron chi connectivity index (χ0n) is 19.5. The molecule has 1 unspecified atom stereocenters. The van der Waals surface area contributed by atoms with Crippen molar-refractivity contribution in [2.24, 2.45) is 17.8 Å². The Labute approximate surface area is 198 Å². The van der Waals surface area contributed by atoms with Crippen LogP contribution < -0.4 is 0 Å². The standard InChI is InChI=1S/C23H35BrN2O6/c1-7-8-25(22(4,5)6)20(29)18-23-10-14(24)17(32-23)15(21(30)31)16(23)19(28)26(18)13(11-27)9-12(2)3/h7,12-18,27H,1,8-11H2,2-6H3,(H,30,31)/t13-,14?,15-,16+,17-,18-,23+/m1/s1. The van der Waals surface area contributed by atoms with Gasteiger partial charge in [-0.25, -0.2) is 0 Å². The van der Waals surface area contributed by atoms with Crippen molar-refractivity contribution >= 4 is 33.7 Å². The molecule has 0 aromatic carbocycles. The largest absolute Gasteiger partial charge is 0.481 e. The summed E-state index contributed by atoms with van der Waals surface area (Å²) in [5, 5.41) is 20.2. The minimum absolute atomic E-state index is 0.164. The maximum Gasteiger partial charge on any atom is 0.310 e. The fourth-order valence-corrected chi connectivity index (χ4v) is 6.76. The first-order chi connectivity index (χ1) is 14.8. The van der Waals surface area contributed by atoms with Crippen molar-refractivity contribution in [2.75, 3.05) is 13.2 Å². The molecule has 3 saturated heterocycles. The van der Waals surface area contributed by atoms with Crippen molar-refractivity contribution in [1.82, 2.24) is 9.80 Å². The van der Waals surface area contributed by atoms with Crippen molar-refractivity contribution in [2.45, 2.75) is 81.6 Å². The molecular weight excluding hydrogens is 480 g/mol. The molecule has 0 aromatic rings. The second kappa shape index (κ2) is 8.72. The molecular formula is C23H35BrN2O6. The number of carbonyl (C=O) groups excluding carboxylic acids is 2. The van der Waals surface area contributed by atoms with Crippen LogP contribution in [-0.4, -0.2) is 85.1 Å². The number of amides is 2. The average Bonchev–Trinajstić information content (AvgIpc) is 3.26. The van der Waals surface area contributed by atoms with E-state index in [-0.39, 0.29) is 29.8 Å². The van der Waals surface area contributed by atoms with Gasteiger partial charge in [-0.05, 0) is 39.5 Å². The van der Waals surface area contributed by atoms with Crippen LogP contribution >= 0.6 is 15.9 Å². The van der Waals surface area contributed by atoms with E-state index < -0.39 is 53.0 Å². The van der Waals surface area contributed by atoms with Gasteiger partial charge in [0.2, 0.25) is 11.8 Å². The highest BCUT2D eigenvalue weighted by molar-refractivity contribution is 9.09. The Bertz CT molecular complexity index is 796. The second-order valence-electron chi connectivity index (χ2n) is 10.6. The third-order valence-electron chi connectivity index (χ3n) is 6.98. The van der Waals surface area contributed by atoms with Crippen molar-refractivity contribution in [3.05, 3.63) is 12.7 Å². The minimum Gasteiger partial charge on any atom is -0.481 e. The predicted molar refractivity (Wildman–Crippen MR) is 122 cm³/mol. The van der Waals surface area contributed by atoms with Crippen LogP contribution in [0, 0.1) is 17.8 Å². The molecule has 3 aliphatic heterocycles. The molecule has 8 nitrogen and oxygen atoms in total. The smallest absolute Gasteiger partial charge is 0.310 e. The molecule has 2 bridgehead atoms. The number of likely N-dealkylation sites (tertiary alicyclic amines) is 1. The minimum atomic E-state index is -1.24. The second-order valence-corrected chi connectivity index (χ2v) is 11.8. The van der Waals surface area contributed by atoms with Crippen LogP contribution in [0.4, 0.5) is 0 Å². The van der Waals surface area contributed by atoms with E-state index in [1.807, 2.05) is 34.6 Å². The maximum atomic E-state index is 14.1. The Morgan fingerprint density at radius 2 is 2.03 bits per heavy atom. The average molecular weight is 515 g/mol. The van der Waals surface area contributed by atoms with Crippen molar-refractivity contribution in [3.63, 3.8) is 0 Å². The fourth-order valence-electron chi connectivity index (χ4n) is 5.81. The van der Waals surface area contributed by atoms with E-state index in [1.54, 1.807) is 11.0 Å². The number of aliphatic hydroxyl groups excluding tert-OH is 1. The van der Waals surface area contributed by atoms with Crippen LogP contribution in [0.2, 0.25) is 0 Å². The molecule has 2 N–H and O–H groups in total. The van der Waals surface area contributed by atoms with E-state index in [1.165, 1.54) is 4.90 Å². The third-order valence-corrected chi connectivity index (χ3v) is 7.83. The molecule has 32 heavy (non-hydrogen) atoms. The first-order valence-electron chi connectivity index (χ1n) is 11.2. The summed E-state index contributed by atoms with van der Waals surface area (Å²) >= 11 is 3.54. The fraction of sp³-hybridized carbons (Fsp3) is 0.783. The van der Waals surface area contributed by atoms with Crippen LogP contribution in [0.15, 0.2) is 12.7 Å². The Kier molecular flexibility index (Phi) is 6.86. The zero-order valence-corrected chi connectivity index (χ0v) is 21.0. The van der Waals surface area contributed by atoms with Gasteiger partial charge in [0.05, 0.1) is 30.6 Å². The first kappa shape index (κ1) is 25.2. The van der Waals surface area contributed by atoms with Gasteiger partial charge in [-0.1, -0.05) is 35.9 Å². The molecule has 2 amide bonds. The van der Waals surface area contributed by atoms with Gasteiger partial charge in [0.25, 0.3) is 0 Å². The number of aliphatic carboxylic acids is 1. The number of carboxylic acid groups (broad SMARTS) is 1. The molecule has 0 aromatic heterocycles. The summed E-state index contributed by atoms with van der Waals surface area (Å²) in [6, 6.07) is -1.61. The van der Waals surface area contributed by atoms with E-state index in [9.17, 15) is 24.6 Å². The number of carboxylic acids is 1. The van der Waals surface area contributed by atoms with Crippen molar-refractivity contribution in [3.8, 4) is 0 Å². The number of halogens is 1. The van der Waals surface area contributed by atoms with Crippen molar-refractivity contribution in [1.29, 1.82) is 0 Å². The summed E-state index contributed by atoms with van der Waals surface area (Å²) in [6.07, 6.45) is 1.80.